The third-order valence-corrected chi connectivity index (χ3v) is 2.52. The van der Waals surface area contributed by atoms with Crippen molar-refractivity contribution in [2.45, 2.75) is 38.5 Å². The molecule has 4 heteroatoms. The van der Waals surface area contributed by atoms with E-state index in [1.165, 1.54) is 25.0 Å². The molecule has 22 heavy (non-hydrogen) atoms. The minimum Gasteiger partial charge on any atom is -0.502 e. The molecule has 0 aromatic heterocycles. The van der Waals surface area contributed by atoms with Gasteiger partial charge in [0.05, 0.1) is 51.5 Å². The van der Waals surface area contributed by atoms with Crippen molar-refractivity contribution in [2.24, 2.45) is 0 Å². The van der Waals surface area contributed by atoms with E-state index in [-0.39, 0.29) is 0 Å². The van der Waals surface area contributed by atoms with E-state index in [2.05, 4.69) is 26.3 Å². The topological polar surface area (TPSA) is 36.9 Å². The highest BCUT2D eigenvalue weighted by Gasteiger charge is 1.88. The van der Waals surface area contributed by atoms with Crippen LogP contribution in [0.1, 0.15) is 38.5 Å². The summed E-state index contributed by atoms with van der Waals surface area (Å²) in [5.41, 5.74) is 0. The molecule has 0 bridgehead atoms. The van der Waals surface area contributed by atoms with Crippen LogP contribution < -0.4 is 0 Å². The van der Waals surface area contributed by atoms with Gasteiger partial charge in [-0.3, -0.25) is 0 Å². The Bertz CT molecular complexity index is 201. The summed E-state index contributed by atoms with van der Waals surface area (Å²) in [4.78, 5) is 0. The van der Waals surface area contributed by atoms with Crippen molar-refractivity contribution in [2.75, 3.05) is 26.4 Å². The molecule has 0 amide bonds. The van der Waals surface area contributed by atoms with Crippen molar-refractivity contribution in [3.05, 3.63) is 51.4 Å². The average Bonchev–Trinajstić information content (AvgIpc) is 2.54. The van der Waals surface area contributed by atoms with Crippen molar-refractivity contribution in [3.8, 4) is 0 Å². The SMILES string of the molecule is C=COCCCCCOC=C.C=COCCCCCOC=C. The number of hydrogen-bond donors (Lipinski definition) is 0. The molecule has 0 heterocycles. The van der Waals surface area contributed by atoms with Crippen molar-refractivity contribution >= 4 is 0 Å². The lowest BCUT2D eigenvalue weighted by Gasteiger charge is -2.00. The normalized spacial score (nSPS) is 8.73. The van der Waals surface area contributed by atoms with Crippen molar-refractivity contribution in [3.63, 3.8) is 0 Å². The predicted molar refractivity (Wildman–Crippen MR) is 92.3 cm³/mol. The van der Waals surface area contributed by atoms with Crippen LogP contribution in [0.2, 0.25) is 0 Å². The summed E-state index contributed by atoms with van der Waals surface area (Å²) >= 11 is 0. The minimum absolute atomic E-state index is 0.761. The Morgan fingerprint density at radius 1 is 0.409 bits per heavy atom. The zero-order chi connectivity index (χ0) is 16.7. The third-order valence-electron chi connectivity index (χ3n) is 2.52. The van der Waals surface area contributed by atoms with Crippen molar-refractivity contribution in [1.29, 1.82) is 0 Å². The third kappa shape index (κ3) is 26.7. The fourth-order valence-electron chi connectivity index (χ4n) is 1.43. The minimum atomic E-state index is 0.761. The Morgan fingerprint density at radius 3 is 0.818 bits per heavy atom. The number of rotatable bonds is 16. The molecule has 0 aromatic carbocycles. The zero-order valence-electron chi connectivity index (χ0n) is 13.8. The number of hydrogen-bond acceptors (Lipinski definition) is 4. The van der Waals surface area contributed by atoms with Gasteiger partial charge in [0.25, 0.3) is 0 Å². The quantitative estimate of drug-likeness (QED) is 0.298. The second kappa shape index (κ2) is 24.2. The van der Waals surface area contributed by atoms with E-state index >= 15 is 0 Å². The summed E-state index contributed by atoms with van der Waals surface area (Å²) in [6.07, 6.45) is 12.4. The van der Waals surface area contributed by atoms with Gasteiger partial charge >= 0.3 is 0 Å². The van der Waals surface area contributed by atoms with Gasteiger partial charge in [0.2, 0.25) is 0 Å². The van der Waals surface area contributed by atoms with Gasteiger partial charge in [-0.2, -0.15) is 0 Å². The molecular weight excluding hydrogens is 280 g/mol. The first-order valence-electron chi connectivity index (χ1n) is 7.73. The lowest BCUT2D eigenvalue weighted by molar-refractivity contribution is 0.219. The standard InChI is InChI=1S/2C9H16O2/c2*1-3-10-8-6-5-7-9-11-4-2/h2*3-4H,1-2,5-9H2. The van der Waals surface area contributed by atoms with Gasteiger partial charge in [0.15, 0.2) is 0 Å². The highest BCUT2D eigenvalue weighted by atomic mass is 16.5. The van der Waals surface area contributed by atoms with E-state index in [0.29, 0.717) is 0 Å². The zero-order valence-corrected chi connectivity index (χ0v) is 13.8. The Balaban J connectivity index is 0. The van der Waals surface area contributed by atoms with Crippen LogP contribution in [-0.4, -0.2) is 26.4 Å². The first-order valence-corrected chi connectivity index (χ1v) is 7.73. The van der Waals surface area contributed by atoms with Gasteiger partial charge in [-0.15, -0.1) is 0 Å². The molecule has 0 aliphatic carbocycles. The maximum Gasteiger partial charge on any atom is 0.0873 e. The molecule has 0 spiro atoms. The molecule has 0 aromatic rings. The fourth-order valence-corrected chi connectivity index (χ4v) is 1.43. The van der Waals surface area contributed by atoms with Crippen LogP contribution >= 0.6 is 0 Å². The molecule has 4 nitrogen and oxygen atoms in total. The molecule has 0 unspecified atom stereocenters. The van der Waals surface area contributed by atoms with Crippen molar-refractivity contribution in [1.82, 2.24) is 0 Å². The summed E-state index contributed by atoms with van der Waals surface area (Å²) in [5.74, 6) is 0. The maximum absolute atomic E-state index is 4.94. The Hall–Kier alpha value is -1.84. The van der Waals surface area contributed by atoms with Crippen LogP contribution in [0.15, 0.2) is 51.4 Å². The largest absolute Gasteiger partial charge is 0.502 e. The molecule has 0 fully saturated rings. The number of unbranched alkanes of at least 4 members (excludes halogenated alkanes) is 4. The van der Waals surface area contributed by atoms with Gasteiger partial charge in [-0.05, 0) is 38.5 Å². The van der Waals surface area contributed by atoms with Crippen LogP contribution in [0.4, 0.5) is 0 Å². The molecule has 0 radical (unpaired) electrons. The van der Waals surface area contributed by atoms with E-state index in [4.69, 9.17) is 18.9 Å². The Morgan fingerprint density at radius 2 is 0.636 bits per heavy atom. The van der Waals surface area contributed by atoms with Crippen LogP contribution in [0.25, 0.3) is 0 Å². The van der Waals surface area contributed by atoms with Gasteiger partial charge in [0, 0.05) is 0 Å². The fraction of sp³-hybridized carbons (Fsp3) is 0.556. The van der Waals surface area contributed by atoms with Gasteiger partial charge < -0.3 is 18.9 Å². The van der Waals surface area contributed by atoms with E-state index in [1.54, 1.807) is 0 Å². The summed E-state index contributed by atoms with van der Waals surface area (Å²) in [5, 5.41) is 0. The highest BCUT2D eigenvalue weighted by molar-refractivity contribution is 4.52. The van der Waals surface area contributed by atoms with E-state index in [1.807, 2.05) is 0 Å². The van der Waals surface area contributed by atoms with E-state index < -0.39 is 0 Å². The van der Waals surface area contributed by atoms with E-state index in [9.17, 15) is 0 Å². The monoisotopic (exact) mass is 312 g/mol. The molecule has 0 rings (SSSR count). The van der Waals surface area contributed by atoms with Crippen LogP contribution in [0.3, 0.4) is 0 Å². The molecule has 128 valence electrons. The Kier molecular flexibility index (Phi) is 24.7. The Labute approximate surface area is 136 Å². The lowest BCUT2D eigenvalue weighted by Crippen LogP contribution is -1.91. The highest BCUT2D eigenvalue weighted by Crippen LogP contribution is 1.97. The molecule has 0 aliphatic rings. The lowest BCUT2D eigenvalue weighted by atomic mass is 10.2. The number of ether oxygens (including phenoxy) is 4. The second-order valence-electron chi connectivity index (χ2n) is 4.27. The van der Waals surface area contributed by atoms with Crippen molar-refractivity contribution < 1.29 is 18.9 Å². The summed E-state index contributed by atoms with van der Waals surface area (Å²) in [6.45, 7) is 16.8. The summed E-state index contributed by atoms with van der Waals surface area (Å²) in [6, 6.07) is 0. The molecule has 0 atom stereocenters. The van der Waals surface area contributed by atoms with Crippen LogP contribution in [0.5, 0.6) is 0 Å². The predicted octanol–water partition coefficient (Wildman–Crippen LogP) is 4.95. The average molecular weight is 312 g/mol. The smallest absolute Gasteiger partial charge is 0.0873 e. The molecular formula is C18H32O4. The molecule has 0 saturated carbocycles. The summed E-state index contributed by atoms with van der Waals surface area (Å²) < 4.78 is 19.8. The van der Waals surface area contributed by atoms with Crippen LogP contribution in [0, 0.1) is 0 Å². The van der Waals surface area contributed by atoms with Crippen LogP contribution in [-0.2, 0) is 18.9 Å². The van der Waals surface area contributed by atoms with Gasteiger partial charge in [0.1, 0.15) is 0 Å². The maximum atomic E-state index is 4.94. The molecule has 0 aliphatic heterocycles. The first-order chi connectivity index (χ1) is 10.8. The second-order valence-corrected chi connectivity index (χ2v) is 4.27. The van der Waals surface area contributed by atoms with Gasteiger partial charge in [-0.25, -0.2) is 0 Å². The van der Waals surface area contributed by atoms with Gasteiger partial charge in [-0.1, -0.05) is 26.3 Å². The first kappa shape index (κ1) is 22.4. The van der Waals surface area contributed by atoms with E-state index in [0.717, 1.165) is 65.0 Å². The molecule has 0 N–H and O–H groups in total. The summed E-state index contributed by atoms with van der Waals surface area (Å²) in [7, 11) is 0. The molecule has 0 saturated heterocycles.